The van der Waals surface area contributed by atoms with E-state index >= 15 is 0 Å². The molecule has 0 aliphatic rings. The van der Waals surface area contributed by atoms with Crippen LogP contribution in [0.25, 0.3) is 11.4 Å². The van der Waals surface area contributed by atoms with Gasteiger partial charge in [0.15, 0.2) is 23.3 Å². The second kappa shape index (κ2) is 36.7. The molecule has 0 atom stereocenters. The van der Waals surface area contributed by atoms with Gasteiger partial charge in [-0.15, -0.1) is 0 Å². The number of nitriles is 2. The number of aromatic amines is 2. The van der Waals surface area contributed by atoms with E-state index in [1.807, 2.05) is 152 Å². The molecule has 4 aromatic heterocycles. The van der Waals surface area contributed by atoms with E-state index in [0.29, 0.717) is 48.7 Å². The summed E-state index contributed by atoms with van der Waals surface area (Å²) in [5.41, 5.74) is 9.78. The highest BCUT2D eigenvalue weighted by molar-refractivity contribution is 6.31. The normalized spacial score (nSPS) is 11.7. The van der Waals surface area contributed by atoms with E-state index in [0.717, 1.165) is 58.0 Å². The minimum Gasteiger partial charge on any atom is -0.460 e. The van der Waals surface area contributed by atoms with Gasteiger partial charge in [0.25, 0.3) is 0 Å². The number of carbonyl (C=O) groups excluding carboxylic acids is 4. The number of carbonyl (C=O) groups is 4. The van der Waals surface area contributed by atoms with Gasteiger partial charge in [0.2, 0.25) is 0 Å². The zero-order valence-corrected chi connectivity index (χ0v) is 61.5. The largest absolute Gasteiger partial charge is 0.460 e. The Balaban J connectivity index is 0.000000590. The van der Waals surface area contributed by atoms with Crippen molar-refractivity contribution in [3.8, 4) is 23.5 Å². The summed E-state index contributed by atoms with van der Waals surface area (Å²) in [6.45, 7) is 47.2. The molecule has 0 fully saturated rings. The van der Waals surface area contributed by atoms with Gasteiger partial charge in [-0.1, -0.05) is 118 Å². The number of hydrogen-bond acceptors (Lipinski definition) is 20. The summed E-state index contributed by atoms with van der Waals surface area (Å²) >= 11 is 12.1. The van der Waals surface area contributed by atoms with Gasteiger partial charge in [-0.25, -0.2) is 34.1 Å². The quantitative estimate of drug-likeness (QED) is 0.0407. The average Bonchev–Trinajstić information content (AvgIpc) is 1.67. The van der Waals surface area contributed by atoms with Crippen LogP contribution >= 0.6 is 23.2 Å². The Bertz CT molecular complexity index is 3330. The van der Waals surface area contributed by atoms with Crippen molar-refractivity contribution < 1.29 is 38.1 Å². The number of hydrogen-bond donors (Lipinski definition) is 5. The molecule has 0 saturated carbocycles. The van der Waals surface area contributed by atoms with Crippen LogP contribution in [0, 0.1) is 22.7 Å². The van der Waals surface area contributed by atoms with E-state index < -0.39 is 28.5 Å². The number of halogens is 2. The molecule has 2 aromatic carbocycles. The van der Waals surface area contributed by atoms with Gasteiger partial charge < -0.3 is 35.7 Å². The predicted molar refractivity (Wildman–Crippen MR) is 365 cm³/mol. The van der Waals surface area contributed by atoms with E-state index in [1.54, 1.807) is 42.3 Å². The predicted octanol–water partition coefficient (Wildman–Crippen LogP) is 12.4. The van der Waals surface area contributed by atoms with Crippen molar-refractivity contribution in [1.29, 1.82) is 10.5 Å². The summed E-state index contributed by atoms with van der Waals surface area (Å²) in [5, 5.41) is 42.4. The maximum atomic E-state index is 12.0. The maximum Gasteiger partial charge on any atom is 0.408 e. The van der Waals surface area contributed by atoms with Crippen LogP contribution in [-0.4, -0.2) is 119 Å². The molecular weight excluding hydrogens is 1240 g/mol. The summed E-state index contributed by atoms with van der Waals surface area (Å²) in [6.07, 6.45) is 1.83. The first kappa shape index (κ1) is 84.2. The third kappa shape index (κ3) is 35.4. The Hall–Kier alpha value is -7.84. The monoisotopic (exact) mass is 1350 g/mol. The fraction of sp³-hybridized carbons (Fsp3) is 0.612. The highest BCUT2D eigenvalue weighted by Gasteiger charge is 2.27. The van der Waals surface area contributed by atoms with E-state index in [2.05, 4.69) is 103 Å². The van der Waals surface area contributed by atoms with Gasteiger partial charge in [0, 0.05) is 51.0 Å². The standard InChI is InChI=1S/C19H26ClN3O2.C13H17ClN4.2C13H23N3O2.C7H12N2O2.C2H4N2/c1-18(2,3)17-21-15(10-11-16(24)25-19(4,5)6)23(22-17)14-9-7-8-13(20)12-14;1-13(2,3)12-16-11(8-15)18(17-12)10-6-4-5-9(14)7-10;2*1-12(2,3)11-14-9(15-16-11)7-8-10(17)18-13(4,5)6;1-7(2,3)11-6(10)9-5-4-8;3-1-2-4/h7-9,12H,10-11H2,1-6H3;4-7H,8,15H2,1-3H3;2*7-8H2,1-6H3,(H,14,15,16);5H2,1-3H3,(H,9,10);1,3H2. The Kier molecular flexibility index (Phi) is 32.9. The van der Waals surface area contributed by atoms with Crippen LogP contribution in [-0.2, 0) is 80.8 Å². The second-order valence-corrected chi connectivity index (χ2v) is 30.4. The molecule has 520 valence electrons. The molecule has 0 spiro atoms. The minimum atomic E-state index is -0.556. The molecular formula is C67H105Cl2N17O8. The molecule has 1 amide bonds. The van der Waals surface area contributed by atoms with E-state index in [-0.39, 0.29) is 59.1 Å². The molecule has 4 heterocycles. The number of nitrogens with one attached hydrogen (secondary N) is 3. The third-order valence-electron chi connectivity index (χ3n) is 11.1. The van der Waals surface area contributed by atoms with Crippen LogP contribution in [0.15, 0.2) is 48.5 Å². The van der Waals surface area contributed by atoms with Gasteiger partial charge in [0.05, 0.1) is 55.9 Å². The molecule has 0 bridgehead atoms. The Labute approximate surface area is 567 Å². The van der Waals surface area contributed by atoms with Crippen LogP contribution in [0.2, 0.25) is 10.0 Å². The number of nitrogens with zero attached hydrogens (tertiary/aromatic N) is 12. The molecule has 7 N–H and O–H groups in total. The molecule has 25 nitrogen and oxygen atoms in total. The van der Waals surface area contributed by atoms with Crippen LogP contribution in [0.3, 0.4) is 0 Å². The first-order chi connectivity index (χ1) is 42.9. The molecule has 27 heteroatoms. The number of alkyl carbamates (subject to hydrolysis) is 1. The lowest BCUT2D eigenvalue weighted by atomic mass is 9.96. The Morgan fingerprint density at radius 2 is 0.819 bits per heavy atom. The summed E-state index contributed by atoms with van der Waals surface area (Å²) in [4.78, 5) is 63.8. The number of esters is 3. The summed E-state index contributed by atoms with van der Waals surface area (Å²) in [7, 11) is 0. The van der Waals surface area contributed by atoms with E-state index in [9.17, 15) is 19.2 Å². The second-order valence-electron chi connectivity index (χ2n) is 29.5. The number of ether oxygens (including phenoxy) is 4. The van der Waals surface area contributed by atoms with Crippen molar-refractivity contribution >= 4 is 47.2 Å². The minimum absolute atomic E-state index is 0.0189. The van der Waals surface area contributed by atoms with Gasteiger partial charge in [0.1, 0.15) is 52.2 Å². The van der Waals surface area contributed by atoms with Crippen molar-refractivity contribution in [2.45, 2.75) is 255 Å². The van der Waals surface area contributed by atoms with Gasteiger partial charge in [-0.2, -0.15) is 30.9 Å². The zero-order valence-electron chi connectivity index (χ0n) is 60.0. The van der Waals surface area contributed by atoms with Crippen molar-refractivity contribution in [3.63, 3.8) is 0 Å². The smallest absolute Gasteiger partial charge is 0.408 e. The molecule has 0 unspecified atom stereocenters. The van der Waals surface area contributed by atoms with Gasteiger partial charge in [-0.3, -0.25) is 24.6 Å². The maximum absolute atomic E-state index is 12.0. The van der Waals surface area contributed by atoms with Gasteiger partial charge >= 0.3 is 24.0 Å². The number of aromatic nitrogens is 12. The SMILES string of the molecule is CC(C)(C)OC(=O)CCc1nc(C(C)(C)C)n[nH]1.CC(C)(C)OC(=O)CCc1nc(C(C)(C)C)n[nH]1.CC(C)(C)OC(=O)CCc1nc(C(C)(C)C)nn1-c1cccc(Cl)c1.CC(C)(C)OC(=O)NCC#N.CC(C)(C)c1nc(CN)n(-c2cccc(Cl)c2)n1.N#CCN. The number of amides is 1. The number of aryl methyl sites for hydroxylation is 3. The molecule has 0 radical (unpaired) electrons. The zero-order chi connectivity index (χ0) is 72.4. The number of benzene rings is 2. The number of nitrogens with two attached hydrogens (primary N) is 2. The lowest BCUT2D eigenvalue weighted by Crippen LogP contribution is -2.32. The number of rotatable bonds is 13. The first-order valence-corrected chi connectivity index (χ1v) is 31.7. The molecule has 0 saturated heterocycles. The third-order valence-corrected chi connectivity index (χ3v) is 11.6. The summed E-state index contributed by atoms with van der Waals surface area (Å²) in [6, 6.07) is 18.4. The van der Waals surface area contributed by atoms with E-state index in [4.69, 9.17) is 58.4 Å². The fourth-order valence-corrected chi connectivity index (χ4v) is 7.36. The molecule has 94 heavy (non-hydrogen) atoms. The van der Waals surface area contributed by atoms with Crippen LogP contribution < -0.4 is 16.8 Å². The first-order valence-electron chi connectivity index (χ1n) is 30.9. The molecule has 0 aliphatic carbocycles. The Morgan fingerprint density at radius 1 is 0.489 bits per heavy atom. The summed E-state index contributed by atoms with van der Waals surface area (Å²) < 4.78 is 24.2. The topological polar surface area (TPSA) is 361 Å². The Morgan fingerprint density at radius 3 is 1.11 bits per heavy atom. The summed E-state index contributed by atoms with van der Waals surface area (Å²) in [5.74, 6) is 5.28. The highest BCUT2D eigenvalue weighted by Crippen LogP contribution is 2.26. The van der Waals surface area contributed by atoms with Gasteiger partial charge in [-0.05, 0) is 119 Å². The van der Waals surface area contributed by atoms with Crippen molar-refractivity contribution in [2.75, 3.05) is 13.1 Å². The van der Waals surface area contributed by atoms with Crippen LogP contribution in [0.5, 0.6) is 0 Å². The van der Waals surface area contributed by atoms with Crippen LogP contribution in [0.1, 0.15) is 232 Å². The fourth-order valence-electron chi connectivity index (χ4n) is 6.99. The lowest BCUT2D eigenvalue weighted by molar-refractivity contribution is -0.155. The molecule has 0 aliphatic heterocycles. The van der Waals surface area contributed by atoms with Crippen molar-refractivity contribution in [3.05, 3.63) is 105 Å². The van der Waals surface area contributed by atoms with Crippen LogP contribution in [0.4, 0.5) is 4.79 Å². The number of H-pyrrole nitrogens is 2. The van der Waals surface area contributed by atoms with Crippen molar-refractivity contribution in [2.24, 2.45) is 11.5 Å². The molecule has 6 rings (SSSR count). The van der Waals surface area contributed by atoms with Crippen molar-refractivity contribution in [1.82, 2.24) is 65.2 Å². The highest BCUT2D eigenvalue weighted by atomic mass is 35.5. The van der Waals surface area contributed by atoms with E-state index in [1.165, 1.54) is 0 Å². The lowest BCUT2D eigenvalue weighted by Gasteiger charge is -2.19. The molecule has 6 aromatic rings. The average molecular weight is 1350 g/mol.